The molecule has 1 aromatic carbocycles. The normalized spacial score (nSPS) is 21.4. The van der Waals surface area contributed by atoms with E-state index in [1.54, 1.807) is 23.2 Å². The zero-order valence-electron chi connectivity index (χ0n) is 15.6. The summed E-state index contributed by atoms with van der Waals surface area (Å²) >= 11 is 6.22. The number of carbonyl (C=O) groups is 1. The maximum absolute atomic E-state index is 14.1. The van der Waals surface area contributed by atoms with Crippen molar-refractivity contribution in [1.82, 2.24) is 15.1 Å². The van der Waals surface area contributed by atoms with Gasteiger partial charge in [-0.1, -0.05) is 25.4 Å². The van der Waals surface area contributed by atoms with E-state index in [1.165, 1.54) is 0 Å². The summed E-state index contributed by atoms with van der Waals surface area (Å²) in [5, 5.41) is 19.6. The summed E-state index contributed by atoms with van der Waals surface area (Å²) in [5.74, 6) is -0.138. The number of aromatic nitrogens is 2. The molecular formula is C20H25ClFN3O2. The highest BCUT2D eigenvalue weighted by atomic mass is 35.5. The molecule has 5 nitrogen and oxygen atoms in total. The van der Waals surface area contributed by atoms with Gasteiger partial charge in [0, 0.05) is 23.5 Å². The maximum atomic E-state index is 14.1. The lowest BCUT2D eigenvalue weighted by Crippen LogP contribution is -2.46. The van der Waals surface area contributed by atoms with E-state index in [0.717, 1.165) is 29.3 Å². The number of hydrogen-bond donors (Lipinski definition) is 2. The second-order valence-electron chi connectivity index (χ2n) is 8.58. The average molecular weight is 394 g/mol. The first kappa shape index (κ1) is 18.7. The molecule has 1 aliphatic heterocycles. The summed E-state index contributed by atoms with van der Waals surface area (Å²) in [7, 11) is 0. The van der Waals surface area contributed by atoms with Gasteiger partial charge >= 0.3 is 0 Å². The highest BCUT2D eigenvalue weighted by molar-refractivity contribution is 6.31. The molecule has 1 aliphatic carbocycles. The third-order valence-electron chi connectivity index (χ3n) is 6.46. The first-order valence-corrected chi connectivity index (χ1v) is 9.89. The van der Waals surface area contributed by atoms with Crippen molar-refractivity contribution in [2.24, 2.45) is 11.3 Å². The molecule has 1 atom stereocenters. The van der Waals surface area contributed by atoms with Crippen molar-refractivity contribution in [1.29, 1.82) is 0 Å². The van der Waals surface area contributed by atoms with Gasteiger partial charge in [-0.05, 0) is 54.7 Å². The molecule has 146 valence electrons. The Morgan fingerprint density at radius 3 is 2.70 bits per heavy atom. The van der Waals surface area contributed by atoms with Crippen molar-refractivity contribution >= 4 is 28.4 Å². The number of nitrogens with zero attached hydrogens (tertiary/aromatic N) is 2. The molecule has 2 aromatic rings. The molecule has 0 radical (unpaired) electrons. The molecule has 2 fully saturated rings. The van der Waals surface area contributed by atoms with Gasteiger partial charge in [-0.2, -0.15) is 5.10 Å². The third kappa shape index (κ3) is 3.23. The second-order valence-corrected chi connectivity index (χ2v) is 9.02. The summed E-state index contributed by atoms with van der Waals surface area (Å²) in [6.07, 6.45) is 3.19. The quantitative estimate of drug-likeness (QED) is 0.824. The number of likely N-dealkylation sites (tertiary alicyclic amines) is 1. The van der Waals surface area contributed by atoms with Crippen LogP contribution in [-0.4, -0.2) is 44.9 Å². The standard InChI is InChI=1S/C20H25ClFN3O2/c1-19(2,12-3-7-25(8-4-12)18(27)20(22)5-6-20)17(26)14-9-13(21)10-16-15(14)11-23-24-16/h9-12,17,26H,3-8H2,1-2H3,(H,23,24). The highest BCUT2D eigenvalue weighted by Gasteiger charge is 2.53. The van der Waals surface area contributed by atoms with Crippen molar-refractivity contribution in [3.05, 3.63) is 28.9 Å². The number of carbonyl (C=O) groups excluding carboxylic acids is 1. The minimum Gasteiger partial charge on any atom is -0.388 e. The zero-order valence-corrected chi connectivity index (χ0v) is 16.4. The van der Waals surface area contributed by atoms with E-state index in [-0.39, 0.29) is 11.8 Å². The van der Waals surface area contributed by atoms with E-state index in [2.05, 4.69) is 10.2 Å². The molecule has 0 spiro atoms. The fourth-order valence-corrected chi connectivity index (χ4v) is 4.55. The van der Waals surface area contributed by atoms with E-state index in [9.17, 15) is 14.3 Å². The van der Waals surface area contributed by atoms with Gasteiger partial charge in [-0.15, -0.1) is 0 Å². The first-order chi connectivity index (χ1) is 12.7. The second kappa shape index (κ2) is 6.45. The molecule has 2 aliphatic rings. The van der Waals surface area contributed by atoms with Gasteiger partial charge in [0.05, 0.1) is 17.8 Å². The molecule has 1 saturated heterocycles. The number of aliphatic hydroxyl groups excluding tert-OH is 1. The number of aliphatic hydroxyl groups is 1. The van der Waals surface area contributed by atoms with Crippen molar-refractivity contribution in [3.63, 3.8) is 0 Å². The largest absolute Gasteiger partial charge is 0.388 e. The van der Waals surface area contributed by atoms with Crippen LogP contribution in [0.3, 0.4) is 0 Å². The average Bonchev–Trinajstić information content (AvgIpc) is 3.23. The fraction of sp³-hybridized carbons (Fsp3) is 0.600. The van der Waals surface area contributed by atoms with Crippen LogP contribution in [0.5, 0.6) is 0 Å². The predicted octanol–water partition coefficient (Wildman–Crippen LogP) is 4.02. The minimum atomic E-state index is -1.60. The van der Waals surface area contributed by atoms with Crippen LogP contribution in [0.25, 0.3) is 10.9 Å². The topological polar surface area (TPSA) is 69.2 Å². The van der Waals surface area contributed by atoms with E-state index >= 15 is 0 Å². The van der Waals surface area contributed by atoms with Gasteiger partial charge in [0.1, 0.15) is 0 Å². The number of aromatic amines is 1. The van der Waals surface area contributed by atoms with Crippen LogP contribution in [0, 0.1) is 11.3 Å². The van der Waals surface area contributed by atoms with Crippen LogP contribution < -0.4 is 0 Å². The first-order valence-electron chi connectivity index (χ1n) is 9.51. The third-order valence-corrected chi connectivity index (χ3v) is 6.68. The van der Waals surface area contributed by atoms with E-state index < -0.39 is 17.2 Å². The van der Waals surface area contributed by atoms with Crippen LogP contribution in [-0.2, 0) is 4.79 Å². The number of rotatable bonds is 4. The molecule has 1 amide bonds. The van der Waals surface area contributed by atoms with Crippen molar-refractivity contribution in [2.45, 2.75) is 51.3 Å². The summed E-state index contributed by atoms with van der Waals surface area (Å²) < 4.78 is 14.1. The Labute approximate surface area is 162 Å². The lowest BCUT2D eigenvalue weighted by molar-refractivity contribution is -0.140. The smallest absolute Gasteiger partial charge is 0.260 e. The van der Waals surface area contributed by atoms with Crippen LogP contribution in [0.4, 0.5) is 4.39 Å². The monoisotopic (exact) mass is 393 g/mol. The molecule has 1 unspecified atom stereocenters. The fourth-order valence-electron chi connectivity index (χ4n) is 4.33. The predicted molar refractivity (Wildman–Crippen MR) is 102 cm³/mol. The number of hydrogen-bond acceptors (Lipinski definition) is 3. The van der Waals surface area contributed by atoms with Crippen molar-refractivity contribution < 1.29 is 14.3 Å². The van der Waals surface area contributed by atoms with Crippen LogP contribution >= 0.6 is 11.6 Å². The Balaban J connectivity index is 1.51. The maximum Gasteiger partial charge on any atom is 0.260 e. The SMILES string of the molecule is CC(C)(C1CCN(C(=O)C2(F)CC2)CC1)C(O)c1cc(Cl)cc2[nH]ncc12. The number of nitrogens with one attached hydrogen (secondary N) is 1. The lowest BCUT2D eigenvalue weighted by atomic mass is 9.68. The number of halogens is 2. The molecule has 7 heteroatoms. The number of piperidine rings is 1. The minimum absolute atomic E-state index is 0.215. The Morgan fingerprint density at radius 1 is 1.41 bits per heavy atom. The van der Waals surface area contributed by atoms with Crippen LogP contribution in [0.1, 0.15) is 51.2 Å². The summed E-state index contributed by atoms with van der Waals surface area (Å²) in [6, 6.07) is 3.59. The number of alkyl halides is 1. The van der Waals surface area contributed by atoms with E-state index in [1.807, 2.05) is 13.8 Å². The number of H-pyrrole nitrogens is 1. The molecular weight excluding hydrogens is 369 g/mol. The van der Waals surface area contributed by atoms with Gasteiger partial charge in [0.15, 0.2) is 5.67 Å². The molecule has 2 heterocycles. The van der Waals surface area contributed by atoms with Gasteiger partial charge in [0.25, 0.3) is 5.91 Å². The zero-order chi connectivity index (χ0) is 19.4. The van der Waals surface area contributed by atoms with E-state index in [0.29, 0.717) is 31.0 Å². The Bertz CT molecular complexity index is 869. The van der Waals surface area contributed by atoms with Gasteiger partial charge in [-0.3, -0.25) is 9.89 Å². The molecule has 4 rings (SSSR count). The van der Waals surface area contributed by atoms with Crippen molar-refractivity contribution in [2.75, 3.05) is 13.1 Å². The van der Waals surface area contributed by atoms with Gasteiger partial charge in [-0.25, -0.2) is 4.39 Å². The molecule has 27 heavy (non-hydrogen) atoms. The molecule has 0 bridgehead atoms. The molecule has 1 aromatic heterocycles. The summed E-state index contributed by atoms with van der Waals surface area (Å²) in [4.78, 5) is 13.9. The van der Waals surface area contributed by atoms with Crippen molar-refractivity contribution in [3.8, 4) is 0 Å². The highest BCUT2D eigenvalue weighted by Crippen LogP contribution is 2.47. The molecule has 2 N–H and O–H groups in total. The van der Waals surface area contributed by atoms with Gasteiger partial charge in [0.2, 0.25) is 0 Å². The Kier molecular flexibility index (Phi) is 4.47. The number of benzene rings is 1. The molecule has 1 saturated carbocycles. The Morgan fingerprint density at radius 2 is 2.07 bits per heavy atom. The summed E-state index contributed by atoms with van der Waals surface area (Å²) in [5.41, 5.74) is -0.465. The van der Waals surface area contributed by atoms with Crippen LogP contribution in [0.15, 0.2) is 18.3 Å². The lowest BCUT2D eigenvalue weighted by Gasteiger charge is -2.43. The van der Waals surface area contributed by atoms with Gasteiger partial charge < -0.3 is 10.0 Å². The van der Waals surface area contributed by atoms with Crippen LogP contribution in [0.2, 0.25) is 5.02 Å². The van der Waals surface area contributed by atoms with E-state index in [4.69, 9.17) is 11.6 Å². The number of amides is 1. The number of fused-ring (bicyclic) bond motifs is 1. The Hall–Kier alpha value is -1.66. The summed E-state index contributed by atoms with van der Waals surface area (Å²) in [6.45, 7) is 5.18.